The van der Waals surface area contributed by atoms with E-state index in [4.69, 9.17) is 11.0 Å². The normalized spacial score (nSPS) is 12.0. The van der Waals surface area contributed by atoms with Crippen molar-refractivity contribution in [2.24, 2.45) is 5.73 Å². The minimum atomic E-state index is -0.373. The largest absolute Gasteiger partial charge is 0.368 e. The van der Waals surface area contributed by atoms with Crippen molar-refractivity contribution in [2.45, 2.75) is 19.5 Å². The van der Waals surface area contributed by atoms with Crippen LogP contribution in [0, 0.1) is 11.3 Å². The average molecular weight is 209 g/mol. The summed E-state index contributed by atoms with van der Waals surface area (Å²) in [4.78, 5) is 12.4. The first-order valence-corrected chi connectivity index (χ1v) is 4.96. The minimum Gasteiger partial charge on any atom is -0.368 e. The maximum absolute atomic E-state index is 10.7. The fraction of sp³-hybridized carbons (Fsp3) is 0.333. The third-order valence-corrected chi connectivity index (χ3v) is 2.77. The van der Waals surface area contributed by atoms with Crippen molar-refractivity contribution in [3.63, 3.8) is 0 Å². The van der Waals surface area contributed by atoms with E-state index in [-0.39, 0.29) is 11.9 Å². The lowest BCUT2D eigenvalue weighted by Crippen LogP contribution is -2.38. The summed E-state index contributed by atoms with van der Waals surface area (Å²) in [6.45, 7) is 2.28. The minimum absolute atomic E-state index is 0.345. The molecule has 0 aliphatic carbocycles. The highest BCUT2D eigenvalue weighted by Crippen LogP contribution is 2.14. The summed E-state index contributed by atoms with van der Waals surface area (Å²) in [5, 5.41) is 11.5. The number of thiophene rings is 1. The molecule has 14 heavy (non-hydrogen) atoms. The van der Waals surface area contributed by atoms with E-state index in [0.29, 0.717) is 11.4 Å². The second-order valence-electron chi connectivity index (χ2n) is 2.88. The molecule has 1 heterocycles. The quantitative estimate of drug-likeness (QED) is 0.761. The number of amides is 1. The van der Waals surface area contributed by atoms with E-state index in [1.165, 1.54) is 11.3 Å². The predicted molar refractivity (Wildman–Crippen MR) is 54.5 cm³/mol. The third kappa shape index (κ3) is 2.83. The van der Waals surface area contributed by atoms with Gasteiger partial charge in [0.25, 0.3) is 0 Å². The second-order valence-corrected chi connectivity index (χ2v) is 4.05. The average Bonchev–Trinajstić information content (AvgIpc) is 2.61. The molecule has 4 nitrogen and oxygen atoms in total. The number of carbonyl (C=O) groups is 1. The Morgan fingerprint density at radius 2 is 2.50 bits per heavy atom. The van der Waals surface area contributed by atoms with Gasteiger partial charge in [-0.05, 0) is 19.1 Å². The van der Waals surface area contributed by atoms with Gasteiger partial charge in [0.15, 0.2) is 0 Å². The monoisotopic (exact) mass is 209 g/mol. The molecular formula is C9H11N3OS. The van der Waals surface area contributed by atoms with Crippen LogP contribution in [0.2, 0.25) is 0 Å². The fourth-order valence-electron chi connectivity index (χ4n) is 0.887. The van der Waals surface area contributed by atoms with Crippen molar-refractivity contribution in [3.05, 3.63) is 21.9 Å². The van der Waals surface area contributed by atoms with Crippen LogP contribution in [0.1, 0.15) is 16.7 Å². The topological polar surface area (TPSA) is 78.9 Å². The number of primary amides is 1. The lowest BCUT2D eigenvalue weighted by atomic mass is 10.3. The fourth-order valence-corrected chi connectivity index (χ4v) is 1.64. The number of nitrogens with zero attached hydrogens (tertiary/aromatic N) is 1. The molecule has 1 amide bonds. The molecule has 1 aromatic heterocycles. The molecule has 5 heteroatoms. The van der Waals surface area contributed by atoms with Gasteiger partial charge in [-0.15, -0.1) is 11.3 Å². The Kier molecular flexibility index (Phi) is 3.63. The van der Waals surface area contributed by atoms with Gasteiger partial charge in [0.2, 0.25) is 5.91 Å². The molecule has 1 rings (SSSR count). The number of nitrogens with one attached hydrogen (secondary N) is 1. The third-order valence-electron chi connectivity index (χ3n) is 1.78. The molecule has 74 valence electrons. The van der Waals surface area contributed by atoms with Crippen molar-refractivity contribution in [1.29, 1.82) is 5.26 Å². The first kappa shape index (κ1) is 10.7. The summed E-state index contributed by atoms with van der Waals surface area (Å²) in [5.74, 6) is -0.373. The molecule has 3 N–H and O–H groups in total. The maximum Gasteiger partial charge on any atom is 0.234 e. The number of rotatable bonds is 4. The standard InChI is InChI=1S/C9H11N3OS/c1-6(9(11)13)12-5-8-3-2-7(4-10)14-8/h2-3,6,12H,5H2,1H3,(H2,11,13). The molecule has 0 spiro atoms. The molecule has 1 atom stereocenters. The molecule has 0 saturated heterocycles. The van der Waals surface area contributed by atoms with Gasteiger partial charge < -0.3 is 11.1 Å². The van der Waals surface area contributed by atoms with Crippen molar-refractivity contribution >= 4 is 17.2 Å². The molecule has 0 fully saturated rings. The van der Waals surface area contributed by atoms with E-state index < -0.39 is 0 Å². The molecule has 0 radical (unpaired) electrons. The van der Waals surface area contributed by atoms with Crippen LogP contribution in [0.4, 0.5) is 0 Å². The molecule has 0 saturated carbocycles. The van der Waals surface area contributed by atoms with Crippen LogP contribution in [0.25, 0.3) is 0 Å². The van der Waals surface area contributed by atoms with Gasteiger partial charge in [-0.25, -0.2) is 0 Å². The van der Waals surface area contributed by atoms with Crippen molar-refractivity contribution < 1.29 is 4.79 Å². The highest BCUT2D eigenvalue weighted by molar-refractivity contribution is 7.12. The first-order chi connectivity index (χ1) is 6.63. The van der Waals surface area contributed by atoms with Gasteiger partial charge in [-0.1, -0.05) is 0 Å². The van der Waals surface area contributed by atoms with E-state index in [9.17, 15) is 4.79 Å². The lowest BCUT2D eigenvalue weighted by Gasteiger charge is -2.07. The van der Waals surface area contributed by atoms with Gasteiger partial charge in [-0.2, -0.15) is 5.26 Å². The zero-order valence-electron chi connectivity index (χ0n) is 7.78. The SMILES string of the molecule is CC(NCc1ccc(C#N)s1)C(N)=O. The van der Waals surface area contributed by atoms with E-state index >= 15 is 0 Å². The number of nitriles is 1. The number of hydrogen-bond acceptors (Lipinski definition) is 4. The van der Waals surface area contributed by atoms with Crippen LogP contribution in [-0.4, -0.2) is 11.9 Å². The number of hydrogen-bond donors (Lipinski definition) is 2. The van der Waals surface area contributed by atoms with E-state index in [2.05, 4.69) is 11.4 Å². The highest BCUT2D eigenvalue weighted by Gasteiger charge is 2.07. The zero-order chi connectivity index (χ0) is 10.6. The molecular weight excluding hydrogens is 198 g/mol. The van der Waals surface area contributed by atoms with Crippen LogP contribution < -0.4 is 11.1 Å². The Morgan fingerprint density at radius 1 is 1.79 bits per heavy atom. The summed E-state index contributed by atoms with van der Waals surface area (Å²) >= 11 is 1.41. The summed E-state index contributed by atoms with van der Waals surface area (Å²) < 4.78 is 0. The predicted octanol–water partition coefficient (Wildman–Crippen LogP) is 0.583. The smallest absolute Gasteiger partial charge is 0.234 e. The van der Waals surface area contributed by atoms with Crippen LogP contribution in [0.5, 0.6) is 0 Å². The van der Waals surface area contributed by atoms with E-state index in [1.54, 1.807) is 13.0 Å². The van der Waals surface area contributed by atoms with Crippen molar-refractivity contribution in [1.82, 2.24) is 5.32 Å². The molecule has 0 aliphatic heterocycles. The Bertz CT molecular complexity index is 366. The van der Waals surface area contributed by atoms with E-state index in [0.717, 1.165) is 4.88 Å². The Labute approximate surface area is 86.3 Å². The Morgan fingerprint density at radius 3 is 3.00 bits per heavy atom. The molecule has 1 unspecified atom stereocenters. The number of nitrogens with two attached hydrogens (primary N) is 1. The van der Waals surface area contributed by atoms with Crippen LogP contribution in [-0.2, 0) is 11.3 Å². The molecule has 0 bridgehead atoms. The summed E-state index contributed by atoms with van der Waals surface area (Å²) in [5.41, 5.74) is 5.08. The van der Waals surface area contributed by atoms with E-state index in [1.807, 2.05) is 6.07 Å². The van der Waals surface area contributed by atoms with Gasteiger partial charge >= 0.3 is 0 Å². The van der Waals surface area contributed by atoms with Crippen LogP contribution in [0.15, 0.2) is 12.1 Å². The summed E-state index contributed by atoms with van der Waals surface area (Å²) in [6.07, 6.45) is 0. The van der Waals surface area contributed by atoms with Crippen molar-refractivity contribution in [3.8, 4) is 6.07 Å². The Balaban J connectivity index is 2.46. The lowest BCUT2D eigenvalue weighted by molar-refractivity contribution is -0.119. The van der Waals surface area contributed by atoms with Gasteiger partial charge in [0.05, 0.1) is 6.04 Å². The summed E-state index contributed by atoms with van der Waals surface area (Å²) in [7, 11) is 0. The van der Waals surface area contributed by atoms with Gasteiger partial charge in [-0.3, -0.25) is 4.79 Å². The van der Waals surface area contributed by atoms with Gasteiger partial charge in [0, 0.05) is 11.4 Å². The molecule has 0 aromatic carbocycles. The van der Waals surface area contributed by atoms with Crippen molar-refractivity contribution in [2.75, 3.05) is 0 Å². The molecule has 0 aliphatic rings. The molecule has 1 aromatic rings. The maximum atomic E-state index is 10.7. The summed E-state index contributed by atoms with van der Waals surface area (Å²) in [6, 6.07) is 5.34. The zero-order valence-corrected chi connectivity index (χ0v) is 8.60. The van der Waals surface area contributed by atoms with Crippen LogP contribution in [0.3, 0.4) is 0 Å². The second kappa shape index (κ2) is 4.74. The highest BCUT2D eigenvalue weighted by atomic mass is 32.1. The first-order valence-electron chi connectivity index (χ1n) is 4.15. The number of carbonyl (C=O) groups excluding carboxylic acids is 1. The van der Waals surface area contributed by atoms with Crippen LogP contribution >= 0.6 is 11.3 Å². The Hall–Kier alpha value is -1.38. The van der Waals surface area contributed by atoms with Gasteiger partial charge in [0.1, 0.15) is 10.9 Å².